The second-order valence-corrected chi connectivity index (χ2v) is 9.87. The quantitative estimate of drug-likeness (QED) is 0.198. The lowest BCUT2D eigenvalue weighted by Gasteiger charge is -2.30. The second-order valence-electron chi connectivity index (χ2n) is 9.87. The van der Waals surface area contributed by atoms with E-state index in [-0.39, 0.29) is 11.8 Å². The molecule has 0 saturated carbocycles. The Morgan fingerprint density at radius 3 is 1.23 bits per heavy atom. The summed E-state index contributed by atoms with van der Waals surface area (Å²) in [5.41, 5.74) is 5.09. The van der Waals surface area contributed by atoms with Gasteiger partial charge in [0.15, 0.2) is 0 Å². The van der Waals surface area contributed by atoms with Crippen molar-refractivity contribution in [1.29, 1.82) is 0 Å². The molecule has 0 saturated heterocycles. The van der Waals surface area contributed by atoms with Crippen LogP contribution in [0.25, 0.3) is 0 Å². The van der Waals surface area contributed by atoms with Crippen LogP contribution in [0.3, 0.4) is 0 Å². The van der Waals surface area contributed by atoms with E-state index in [1.165, 1.54) is 0 Å². The van der Waals surface area contributed by atoms with E-state index in [0.717, 1.165) is 11.1 Å². The molecule has 0 aliphatic rings. The predicted molar refractivity (Wildman–Crippen MR) is 160 cm³/mol. The van der Waals surface area contributed by atoms with E-state index < -0.39 is 5.60 Å². The number of anilines is 2. The number of aryl methyl sites for hydroxylation is 2. The van der Waals surface area contributed by atoms with Crippen LogP contribution < -0.4 is 10.6 Å². The molecule has 0 heterocycles. The molecule has 5 aromatic rings. The van der Waals surface area contributed by atoms with E-state index in [0.29, 0.717) is 39.2 Å². The Kier molecular flexibility index (Phi) is 7.58. The van der Waals surface area contributed by atoms with Crippen molar-refractivity contribution in [3.05, 3.63) is 166 Å². The number of aliphatic hydroxyl groups is 1. The van der Waals surface area contributed by atoms with Gasteiger partial charge in [-0.1, -0.05) is 90.0 Å². The molecule has 0 aliphatic carbocycles. The molecular weight excluding hydrogens is 496 g/mol. The Morgan fingerprint density at radius 1 is 0.500 bits per heavy atom. The molecule has 5 rings (SSSR count). The van der Waals surface area contributed by atoms with Crippen LogP contribution in [0.2, 0.25) is 0 Å². The summed E-state index contributed by atoms with van der Waals surface area (Å²) < 4.78 is 0. The second kappa shape index (κ2) is 11.4. The molecule has 5 nitrogen and oxygen atoms in total. The maximum atomic E-state index is 12.7. The first-order valence-corrected chi connectivity index (χ1v) is 13.1. The standard InChI is InChI=1S/C35H30N2O3/c1-24-8-12-26(13-9-24)33(38)36-31-20-16-29(17-21-31)35(40,28-6-4-3-5-7-28)30-18-22-32(23-19-30)37-34(39)27-14-10-25(2)11-15-27/h3-23,40H,1-2H3,(H,36,38)(H,37,39). The van der Waals surface area contributed by atoms with Crippen LogP contribution >= 0.6 is 0 Å². The van der Waals surface area contributed by atoms with Gasteiger partial charge < -0.3 is 15.7 Å². The molecule has 198 valence electrons. The number of rotatable bonds is 7. The van der Waals surface area contributed by atoms with Crippen LogP contribution in [-0.2, 0) is 5.60 Å². The van der Waals surface area contributed by atoms with Crippen molar-refractivity contribution in [3.63, 3.8) is 0 Å². The summed E-state index contributed by atoms with van der Waals surface area (Å²) in [6.45, 7) is 3.95. The van der Waals surface area contributed by atoms with Gasteiger partial charge in [0.05, 0.1) is 0 Å². The Balaban J connectivity index is 1.40. The third-order valence-electron chi connectivity index (χ3n) is 6.94. The van der Waals surface area contributed by atoms with E-state index >= 15 is 0 Å². The first-order valence-electron chi connectivity index (χ1n) is 13.1. The summed E-state index contributed by atoms with van der Waals surface area (Å²) in [5.74, 6) is -0.399. The van der Waals surface area contributed by atoms with Crippen molar-refractivity contribution in [2.75, 3.05) is 10.6 Å². The molecule has 3 N–H and O–H groups in total. The molecule has 0 radical (unpaired) electrons. The van der Waals surface area contributed by atoms with Gasteiger partial charge in [-0.2, -0.15) is 0 Å². The van der Waals surface area contributed by atoms with Crippen LogP contribution in [0.15, 0.2) is 127 Å². The number of hydrogen-bond acceptors (Lipinski definition) is 3. The van der Waals surface area contributed by atoms with Gasteiger partial charge in [0.1, 0.15) is 5.60 Å². The third-order valence-corrected chi connectivity index (χ3v) is 6.94. The molecule has 5 aromatic carbocycles. The van der Waals surface area contributed by atoms with E-state index in [4.69, 9.17) is 0 Å². The summed E-state index contributed by atoms with van der Waals surface area (Å²) in [4.78, 5) is 25.3. The summed E-state index contributed by atoms with van der Waals surface area (Å²) in [6, 6.07) is 38.6. The van der Waals surface area contributed by atoms with E-state index in [2.05, 4.69) is 10.6 Å². The number of benzene rings is 5. The molecule has 5 heteroatoms. The fourth-order valence-electron chi connectivity index (χ4n) is 4.59. The average Bonchev–Trinajstić information content (AvgIpc) is 2.98. The summed E-state index contributed by atoms with van der Waals surface area (Å²) in [6.07, 6.45) is 0. The maximum absolute atomic E-state index is 12.7. The van der Waals surface area contributed by atoms with Gasteiger partial charge in [0.25, 0.3) is 11.8 Å². The SMILES string of the molecule is Cc1ccc(C(=O)Nc2ccc(C(O)(c3ccccc3)c3ccc(NC(=O)c4ccc(C)cc4)cc3)cc2)cc1. The van der Waals surface area contributed by atoms with E-state index in [1.54, 1.807) is 48.5 Å². The lowest BCUT2D eigenvalue weighted by atomic mass is 9.80. The number of nitrogens with one attached hydrogen (secondary N) is 2. The first kappa shape index (κ1) is 26.6. The van der Waals surface area contributed by atoms with E-state index in [9.17, 15) is 14.7 Å². The average molecular weight is 527 g/mol. The molecule has 0 spiro atoms. The van der Waals surface area contributed by atoms with Crippen LogP contribution in [0.4, 0.5) is 11.4 Å². The van der Waals surface area contributed by atoms with Gasteiger partial charge in [-0.3, -0.25) is 9.59 Å². The van der Waals surface area contributed by atoms with Crippen molar-refractivity contribution in [3.8, 4) is 0 Å². The number of hydrogen-bond donors (Lipinski definition) is 3. The van der Waals surface area contributed by atoms with E-state index in [1.807, 2.05) is 92.7 Å². The molecule has 0 aromatic heterocycles. The van der Waals surface area contributed by atoms with Crippen molar-refractivity contribution in [2.24, 2.45) is 0 Å². The summed E-state index contributed by atoms with van der Waals surface area (Å²) in [5, 5.41) is 18.0. The largest absolute Gasteiger partial charge is 0.376 e. The van der Waals surface area contributed by atoms with Gasteiger partial charge in [0, 0.05) is 22.5 Å². The zero-order valence-corrected chi connectivity index (χ0v) is 22.4. The molecule has 0 atom stereocenters. The fraction of sp³-hybridized carbons (Fsp3) is 0.0857. The Hall–Kier alpha value is -5.00. The van der Waals surface area contributed by atoms with Gasteiger partial charge in [0.2, 0.25) is 0 Å². The summed E-state index contributed by atoms with van der Waals surface area (Å²) in [7, 11) is 0. The van der Waals surface area contributed by atoms with Crippen molar-refractivity contribution < 1.29 is 14.7 Å². The Morgan fingerprint density at radius 2 is 0.850 bits per heavy atom. The smallest absolute Gasteiger partial charge is 0.255 e. The summed E-state index contributed by atoms with van der Waals surface area (Å²) >= 11 is 0. The first-order chi connectivity index (χ1) is 19.3. The third kappa shape index (κ3) is 5.70. The number of carbonyl (C=O) groups is 2. The normalized spacial score (nSPS) is 11.1. The molecular formula is C35H30N2O3. The van der Waals surface area contributed by atoms with Gasteiger partial charge in [-0.15, -0.1) is 0 Å². The molecule has 0 fully saturated rings. The highest BCUT2D eigenvalue weighted by Gasteiger charge is 2.33. The van der Waals surface area contributed by atoms with Crippen molar-refractivity contribution in [2.45, 2.75) is 19.4 Å². The minimum Gasteiger partial charge on any atom is -0.376 e. The van der Waals surface area contributed by atoms with Crippen LogP contribution in [-0.4, -0.2) is 16.9 Å². The minimum absolute atomic E-state index is 0.200. The molecule has 0 bridgehead atoms. The van der Waals surface area contributed by atoms with Crippen molar-refractivity contribution in [1.82, 2.24) is 0 Å². The van der Waals surface area contributed by atoms with Crippen LogP contribution in [0.5, 0.6) is 0 Å². The molecule has 2 amide bonds. The zero-order chi connectivity index (χ0) is 28.1. The zero-order valence-electron chi connectivity index (χ0n) is 22.4. The minimum atomic E-state index is -1.46. The van der Waals surface area contributed by atoms with Crippen molar-refractivity contribution >= 4 is 23.2 Å². The predicted octanol–water partition coefficient (Wildman–Crippen LogP) is 7.09. The highest BCUT2D eigenvalue weighted by molar-refractivity contribution is 6.04. The van der Waals surface area contributed by atoms with Crippen LogP contribution in [0.1, 0.15) is 48.5 Å². The highest BCUT2D eigenvalue weighted by Crippen LogP contribution is 2.37. The molecule has 40 heavy (non-hydrogen) atoms. The Bertz CT molecular complexity index is 1510. The van der Waals surface area contributed by atoms with Gasteiger partial charge >= 0.3 is 0 Å². The number of carbonyl (C=O) groups excluding carboxylic acids is 2. The fourth-order valence-corrected chi connectivity index (χ4v) is 4.59. The monoisotopic (exact) mass is 526 g/mol. The highest BCUT2D eigenvalue weighted by atomic mass is 16.3. The van der Waals surface area contributed by atoms with Gasteiger partial charge in [-0.25, -0.2) is 0 Å². The maximum Gasteiger partial charge on any atom is 0.255 e. The topological polar surface area (TPSA) is 78.4 Å². The lowest BCUT2D eigenvalue weighted by molar-refractivity contribution is 0.101. The molecule has 0 aliphatic heterocycles. The Labute approximate surface area is 234 Å². The lowest BCUT2D eigenvalue weighted by Crippen LogP contribution is -2.29. The van der Waals surface area contributed by atoms with Crippen LogP contribution in [0, 0.1) is 13.8 Å². The number of amides is 2. The van der Waals surface area contributed by atoms with Gasteiger partial charge in [-0.05, 0) is 79.1 Å². The molecule has 0 unspecified atom stereocenters.